The van der Waals surface area contributed by atoms with E-state index in [4.69, 9.17) is 19.8 Å². The minimum Gasteiger partial charge on any atom is -0.473 e. The van der Waals surface area contributed by atoms with Crippen molar-refractivity contribution in [1.82, 2.24) is 9.80 Å². The number of aliphatic carboxylic acids is 2. The summed E-state index contributed by atoms with van der Waals surface area (Å²) in [6.07, 6.45) is 4.77. The van der Waals surface area contributed by atoms with Crippen LogP contribution in [0.4, 0.5) is 5.69 Å². The molecular weight excluding hydrogens is 438 g/mol. The lowest BCUT2D eigenvalue weighted by atomic mass is 10.0. The Balaban J connectivity index is 0.000000454. The summed E-state index contributed by atoms with van der Waals surface area (Å²) in [5.41, 5.74) is 2.82. The summed E-state index contributed by atoms with van der Waals surface area (Å²) < 4.78 is 0. The van der Waals surface area contributed by atoms with E-state index >= 15 is 0 Å². The number of carboxylic acid groups (broad SMARTS) is 2. The summed E-state index contributed by atoms with van der Waals surface area (Å²) in [6, 6.07) is 20.7. The van der Waals surface area contributed by atoms with Crippen molar-refractivity contribution in [1.29, 1.82) is 0 Å². The first-order chi connectivity index (χ1) is 16.0. The molecule has 0 radical (unpaired) electrons. The third-order valence-electron chi connectivity index (χ3n) is 6.26. The second-order valence-electron chi connectivity index (χ2n) is 8.32. The van der Waals surface area contributed by atoms with Gasteiger partial charge < -0.3 is 15.1 Å². The molecule has 0 unspecified atom stereocenters. The van der Waals surface area contributed by atoms with Gasteiger partial charge in [0, 0.05) is 49.3 Å². The van der Waals surface area contributed by atoms with Crippen molar-refractivity contribution in [3.8, 4) is 0 Å². The molecule has 0 spiro atoms. The van der Waals surface area contributed by atoms with Crippen molar-refractivity contribution in [2.45, 2.75) is 30.3 Å². The lowest BCUT2D eigenvalue weighted by Gasteiger charge is -2.43. The summed E-state index contributed by atoms with van der Waals surface area (Å²) in [5, 5.41) is 14.8. The first-order valence-electron chi connectivity index (χ1n) is 11.3. The average Bonchev–Trinajstić information content (AvgIpc) is 2.86. The second kappa shape index (κ2) is 12.6. The fourth-order valence-corrected chi connectivity index (χ4v) is 4.82. The Morgan fingerprint density at radius 1 is 0.848 bits per heavy atom. The Morgan fingerprint density at radius 2 is 1.42 bits per heavy atom. The van der Waals surface area contributed by atoms with Gasteiger partial charge in [0.1, 0.15) is 0 Å². The van der Waals surface area contributed by atoms with E-state index in [0.717, 1.165) is 25.7 Å². The van der Waals surface area contributed by atoms with Gasteiger partial charge in [-0.3, -0.25) is 9.80 Å². The molecule has 0 bridgehead atoms. The van der Waals surface area contributed by atoms with E-state index in [0.29, 0.717) is 0 Å². The maximum absolute atomic E-state index is 9.10. The molecule has 8 heteroatoms. The van der Waals surface area contributed by atoms with E-state index < -0.39 is 11.9 Å². The van der Waals surface area contributed by atoms with Gasteiger partial charge in [-0.15, -0.1) is 11.8 Å². The van der Waals surface area contributed by atoms with E-state index in [1.165, 1.54) is 55.2 Å². The molecule has 0 aromatic heterocycles. The number of piperazine rings is 1. The van der Waals surface area contributed by atoms with Crippen LogP contribution in [0.15, 0.2) is 59.5 Å². The molecule has 2 heterocycles. The van der Waals surface area contributed by atoms with Gasteiger partial charge in [0.15, 0.2) is 0 Å². The minimum absolute atomic E-state index is 0.776. The van der Waals surface area contributed by atoms with Gasteiger partial charge in [-0.2, -0.15) is 0 Å². The Hall–Kier alpha value is -2.55. The fourth-order valence-electron chi connectivity index (χ4n) is 4.42. The van der Waals surface area contributed by atoms with Gasteiger partial charge in [0.2, 0.25) is 0 Å². The Bertz CT molecular complexity index is 866. The molecule has 2 aliphatic rings. The molecule has 2 aliphatic heterocycles. The first kappa shape index (κ1) is 25.1. The first-order valence-corrected chi connectivity index (χ1v) is 12.5. The molecular formula is C25H33N3O4S. The summed E-state index contributed by atoms with van der Waals surface area (Å²) in [4.78, 5) is 27.5. The maximum atomic E-state index is 9.10. The largest absolute Gasteiger partial charge is 0.473 e. The van der Waals surface area contributed by atoms with Gasteiger partial charge >= 0.3 is 11.9 Å². The van der Waals surface area contributed by atoms with Crippen LogP contribution in [0.25, 0.3) is 0 Å². The highest BCUT2D eigenvalue weighted by Crippen LogP contribution is 2.23. The summed E-state index contributed by atoms with van der Waals surface area (Å²) >= 11 is 1.82. The minimum atomic E-state index is -1.82. The third kappa shape index (κ3) is 7.77. The summed E-state index contributed by atoms with van der Waals surface area (Å²) in [7, 11) is 0. The number of piperidine rings is 1. The van der Waals surface area contributed by atoms with Gasteiger partial charge in [0.05, 0.1) is 0 Å². The van der Waals surface area contributed by atoms with E-state index in [2.05, 4.69) is 75.6 Å². The van der Waals surface area contributed by atoms with Crippen LogP contribution in [0.3, 0.4) is 0 Å². The van der Waals surface area contributed by atoms with Crippen molar-refractivity contribution in [2.75, 3.05) is 50.4 Å². The SMILES string of the molecule is CSc1ccc(CN2CCC(N3CCN(c4ccccc4)CC3)CC2)cc1.O=C(O)C(=O)O. The standard InChI is InChI=1S/C23H31N3S.C2H2O4/c1-27-23-9-7-20(8-10-23)19-24-13-11-22(12-14-24)26-17-15-25(16-18-26)21-5-3-2-4-6-21;3-1(4)2(5)6/h2-10,22H,11-19H2,1H3;(H,3,4)(H,5,6). The second-order valence-corrected chi connectivity index (χ2v) is 9.20. The molecule has 2 aromatic carbocycles. The molecule has 7 nitrogen and oxygen atoms in total. The van der Waals surface area contributed by atoms with Gasteiger partial charge in [0.25, 0.3) is 0 Å². The molecule has 0 amide bonds. The van der Waals surface area contributed by atoms with Crippen molar-refractivity contribution in [2.24, 2.45) is 0 Å². The zero-order chi connectivity index (χ0) is 23.6. The fraction of sp³-hybridized carbons (Fsp3) is 0.440. The number of rotatable bonds is 5. The van der Waals surface area contributed by atoms with Crippen molar-refractivity contribution >= 4 is 29.4 Å². The number of likely N-dealkylation sites (tertiary alicyclic amines) is 1. The highest BCUT2D eigenvalue weighted by Gasteiger charge is 2.27. The van der Waals surface area contributed by atoms with Crippen LogP contribution < -0.4 is 4.90 Å². The molecule has 2 aromatic rings. The zero-order valence-electron chi connectivity index (χ0n) is 19.1. The quantitative estimate of drug-likeness (QED) is 0.507. The summed E-state index contributed by atoms with van der Waals surface area (Å²) in [6.45, 7) is 8.29. The number of anilines is 1. The Morgan fingerprint density at radius 3 is 1.94 bits per heavy atom. The van der Waals surface area contributed by atoms with E-state index in [1.807, 2.05) is 11.8 Å². The third-order valence-corrected chi connectivity index (χ3v) is 7.00. The molecule has 33 heavy (non-hydrogen) atoms. The van der Waals surface area contributed by atoms with Crippen molar-refractivity contribution in [3.05, 3.63) is 60.2 Å². The lowest BCUT2D eigenvalue weighted by Crippen LogP contribution is -2.53. The topological polar surface area (TPSA) is 84.3 Å². The number of hydrogen-bond donors (Lipinski definition) is 2. The van der Waals surface area contributed by atoms with E-state index in [9.17, 15) is 0 Å². The highest BCUT2D eigenvalue weighted by atomic mass is 32.2. The molecule has 2 N–H and O–H groups in total. The van der Waals surface area contributed by atoms with Crippen LogP contribution >= 0.6 is 11.8 Å². The highest BCUT2D eigenvalue weighted by molar-refractivity contribution is 7.98. The molecule has 4 rings (SSSR count). The molecule has 0 aliphatic carbocycles. The van der Waals surface area contributed by atoms with Gasteiger partial charge in [-0.25, -0.2) is 9.59 Å². The number of nitrogens with zero attached hydrogens (tertiary/aromatic N) is 3. The Kier molecular flexibility index (Phi) is 9.60. The number of carbonyl (C=O) groups is 2. The van der Waals surface area contributed by atoms with Crippen LogP contribution in [0.1, 0.15) is 18.4 Å². The number of hydrogen-bond acceptors (Lipinski definition) is 6. The predicted molar refractivity (Wildman–Crippen MR) is 132 cm³/mol. The lowest BCUT2D eigenvalue weighted by molar-refractivity contribution is -0.159. The van der Waals surface area contributed by atoms with Gasteiger partial charge in [-0.05, 0) is 62.0 Å². The molecule has 178 valence electrons. The van der Waals surface area contributed by atoms with Crippen molar-refractivity contribution in [3.63, 3.8) is 0 Å². The number of para-hydroxylation sites is 1. The zero-order valence-corrected chi connectivity index (χ0v) is 19.9. The average molecular weight is 472 g/mol. The number of carboxylic acids is 2. The van der Waals surface area contributed by atoms with Crippen LogP contribution in [-0.4, -0.2) is 83.5 Å². The van der Waals surface area contributed by atoms with Crippen molar-refractivity contribution < 1.29 is 19.8 Å². The smallest absolute Gasteiger partial charge is 0.414 e. The van der Waals surface area contributed by atoms with Crippen LogP contribution in [0.5, 0.6) is 0 Å². The summed E-state index contributed by atoms with van der Waals surface area (Å²) in [5.74, 6) is -3.65. The molecule has 0 atom stereocenters. The van der Waals surface area contributed by atoms with Crippen LogP contribution in [0, 0.1) is 0 Å². The van der Waals surface area contributed by atoms with E-state index in [-0.39, 0.29) is 0 Å². The maximum Gasteiger partial charge on any atom is 0.414 e. The Labute approximate surface area is 200 Å². The molecule has 0 saturated carbocycles. The number of thioether (sulfide) groups is 1. The van der Waals surface area contributed by atoms with E-state index in [1.54, 1.807) is 0 Å². The monoisotopic (exact) mass is 471 g/mol. The van der Waals surface area contributed by atoms with Gasteiger partial charge in [-0.1, -0.05) is 30.3 Å². The van der Waals surface area contributed by atoms with Crippen LogP contribution in [-0.2, 0) is 16.1 Å². The molecule has 2 fully saturated rings. The normalized spacial score (nSPS) is 17.8. The predicted octanol–water partition coefficient (Wildman–Crippen LogP) is 3.35. The van der Waals surface area contributed by atoms with Crippen LogP contribution in [0.2, 0.25) is 0 Å². The number of benzene rings is 2. The molecule has 2 saturated heterocycles.